The van der Waals surface area contributed by atoms with Crippen molar-refractivity contribution in [2.45, 2.75) is 57.3 Å². The van der Waals surface area contributed by atoms with Crippen LogP contribution in [0.15, 0.2) is 60.7 Å². The number of anilines is 1. The molecule has 0 aromatic heterocycles. The number of rotatable bonds is 6. The normalized spacial score (nSPS) is 22.7. The lowest BCUT2D eigenvalue weighted by atomic mass is 9.95. The van der Waals surface area contributed by atoms with Crippen LogP contribution < -0.4 is 15.8 Å². The summed E-state index contributed by atoms with van der Waals surface area (Å²) in [7, 11) is 0. The van der Waals surface area contributed by atoms with Gasteiger partial charge in [0.15, 0.2) is 0 Å². The number of nitrogens with zero attached hydrogens (tertiary/aromatic N) is 1. The first-order valence-electron chi connectivity index (χ1n) is 11.7. The van der Waals surface area contributed by atoms with Crippen molar-refractivity contribution in [3.8, 4) is 5.75 Å². The van der Waals surface area contributed by atoms with E-state index in [-0.39, 0.29) is 11.9 Å². The molecule has 0 saturated carbocycles. The summed E-state index contributed by atoms with van der Waals surface area (Å²) in [5.41, 5.74) is 8.79. The number of nitrogens with one attached hydrogen (secondary N) is 1. The molecule has 5 nitrogen and oxygen atoms in total. The molecule has 3 aromatic carbocycles. The van der Waals surface area contributed by atoms with Crippen molar-refractivity contribution in [2.24, 2.45) is 0 Å². The van der Waals surface area contributed by atoms with Crippen molar-refractivity contribution in [2.75, 3.05) is 12.3 Å². The number of ether oxygens (including phenoxy) is 1. The fourth-order valence-corrected chi connectivity index (χ4v) is 5.55. The number of nitrogen functional groups attached to an aromatic ring is 1. The number of carbonyl (C=O) groups is 1. The van der Waals surface area contributed by atoms with Crippen LogP contribution in [-0.2, 0) is 6.54 Å². The zero-order valence-corrected chi connectivity index (χ0v) is 18.6. The molecule has 0 spiro atoms. The highest BCUT2D eigenvalue weighted by molar-refractivity contribution is 6.08. The molecule has 2 fully saturated rings. The van der Waals surface area contributed by atoms with Crippen LogP contribution in [0.2, 0.25) is 0 Å². The molecule has 2 unspecified atom stereocenters. The number of nitrogens with two attached hydrogens (primary N) is 1. The smallest absolute Gasteiger partial charge is 0.255 e. The highest BCUT2D eigenvalue weighted by atomic mass is 16.5. The first-order chi connectivity index (χ1) is 15.6. The van der Waals surface area contributed by atoms with Gasteiger partial charge in [-0.05, 0) is 44.2 Å². The van der Waals surface area contributed by atoms with Gasteiger partial charge >= 0.3 is 0 Å². The van der Waals surface area contributed by atoms with Crippen LogP contribution in [0.4, 0.5) is 5.69 Å². The fraction of sp³-hybridized carbons (Fsp3) is 0.370. The van der Waals surface area contributed by atoms with E-state index < -0.39 is 0 Å². The van der Waals surface area contributed by atoms with Crippen molar-refractivity contribution in [1.29, 1.82) is 0 Å². The summed E-state index contributed by atoms with van der Waals surface area (Å²) in [4.78, 5) is 16.0. The first-order valence-corrected chi connectivity index (χ1v) is 11.7. The molecule has 166 valence electrons. The molecule has 5 rings (SSSR count). The third-order valence-electron chi connectivity index (χ3n) is 6.99. The fourth-order valence-electron chi connectivity index (χ4n) is 5.55. The first kappa shape index (κ1) is 20.8. The zero-order valence-electron chi connectivity index (χ0n) is 18.6. The van der Waals surface area contributed by atoms with E-state index in [1.54, 1.807) is 6.07 Å². The summed E-state index contributed by atoms with van der Waals surface area (Å²) in [6.45, 7) is 3.43. The summed E-state index contributed by atoms with van der Waals surface area (Å²) < 4.78 is 5.93. The van der Waals surface area contributed by atoms with Crippen LogP contribution in [0.1, 0.15) is 48.5 Å². The number of hydrogen-bond acceptors (Lipinski definition) is 4. The van der Waals surface area contributed by atoms with Gasteiger partial charge in [0.2, 0.25) is 0 Å². The SMILES string of the molecule is CCOc1c(C(=O)NC2CC3CCC(C2)N3Cc2ccccc2)cc(N)c2ccccc12. The van der Waals surface area contributed by atoms with Crippen molar-refractivity contribution in [1.82, 2.24) is 10.2 Å². The number of hydrogen-bond donors (Lipinski definition) is 2. The maximum Gasteiger partial charge on any atom is 0.255 e. The van der Waals surface area contributed by atoms with Crippen molar-refractivity contribution in [3.05, 3.63) is 71.8 Å². The highest BCUT2D eigenvalue weighted by Crippen LogP contribution is 2.38. The minimum Gasteiger partial charge on any atom is -0.492 e. The van der Waals surface area contributed by atoms with Crippen LogP contribution in [-0.4, -0.2) is 35.5 Å². The Bertz CT molecular complexity index is 1100. The molecule has 2 saturated heterocycles. The number of fused-ring (bicyclic) bond motifs is 3. The molecular weight excluding hydrogens is 398 g/mol. The van der Waals surface area contributed by atoms with Crippen molar-refractivity contribution >= 4 is 22.4 Å². The zero-order chi connectivity index (χ0) is 22.1. The molecule has 3 N–H and O–H groups in total. The standard InChI is InChI=1S/C27H31N3O2/c1-2-32-26-23-11-7-6-10-22(23)25(28)16-24(26)27(31)29-19-14-20-12-13-21(15-19)30(20)17-18-8-4-3-5-9-18/h3-11,16,19-21H,2,12-15,17,28H2,1H3,(H,29,31). The Labute approximate surface area is 189 Å². The van der Waals surface area contributed by atoms with Gasteiger partial charge in [-0.3, -0.25) is 9.69 Å². The summed E-state index contributed by atoms with van der Waals surface area (Å²) in [5.74, 6) is 0.533. The molecule has 0 aliphatic carbocycles. The Morgan fingerprint density at radius 1 is 1.03 bits per heavy atom. The van der Waals surface area contributed by atoms with Crippen molar-refractivity contribution in [3.63, 3.8) is 0 Å². The number of carbonyl (C=O) groups excluding carboxylic acids is 1. The van der Waals surface area contributed by atoms with Gasteiger partial charge in [-0.25, -0.2) is 0 Å². The second-order valence-corrected chi connectivity index (χ2v) is 9.01. The van der Waals surface area contributed by atoms with E-state index in [4.69, 9.17) is 10.5 Å². The third kappa shape index (κ3) is 3.93. The summed E-state index contributed by atoms with van der Waals surface area (Å²) >= 11 is 0. The maximum absolute atomic E-state index is 13.4. The molecule has 32 heavy (non-hydrogen) atoms. The molecule has 2 bridgehead atoms. The Morgan fingerprint density at radius 2 is 1.69 bits per heavy atom. The lowest BCUT2D eigenvalue weighted by molar-refractivity contribution is 0.0825. The predicted octanol–water partition coefficient (Wildman–Crippen LogP) is 4.75. The quantitative estimate of drug-likeness (QED) is 0.555. The van der Waals surface area contributed by atoms with Crippen LogP contribution in [0.3, 0.4) is 0 Å². The average molecular weight is 430 g/mol. The number of benzene rings is 3. The molecule has 1 amide bonds. The van der Waals surface area contributed by atoms with Gasteiger partial charge in [-0.2, -0.15) is 0 Å². The highest BCUT2D eigenvalue weighted by Gasteiger charge is 2.41. The Kier molecular flexibility index (Phi) is 5.75. The third-order valence-corrected chi connectivity index (χ3v) is 6.99. The molecule has 2 heterocycles. The van der Waals surface area contributed by atoms with Crippen LogP contribution in [0, 0.1) is 0 Å². The lowest BCUT2D eigenvalue weighted by Gasteiger charge is -2.39. The van der Waals surface area contributed by atoms with Crippen LogP contribution in [0.5, 0.6) is 5.75 Å². The van der Waals surface area contributed by atoms with Gasteiger partial charge in [-0.15, -0.1) is 0 Å². The van der Waals surface area contributed by atoms with E-state index in [1.165, 1.54) is 18.4 Å². The van der Waals surface area contributed by atoms with Gasteiger partial charge < -0.3 is 15.8 Å². The summed E-state index contributed by atoms with van der Waals surface area (Å²) in [6.07, 6.45) is 4.39. The molecular formula is C27H31N3O2. The van der Waals surface area contributed by atoms with Gasteiger partial charge in [0, 0.05) is 41.1 Å². The van der Waals surface area contributed by atoms with E-state index in [1.807, 2.05) is 31.2 Å². The monoisotopic (exact) mass is 429 g/mol. The van der Waals surface area contributed by atoms with E-state index in [9.17, 15) is 4.79 Å². The number of piperidine rings is 1. The van der Waals surface area contributed by atoms with E-state index in [2.05, 4.69) is 40.5 Å². The topological polar surface area (TPSA) is 67.6 Å². The minimum atomic E-state index is -0.0909. The van der Waals surface area contributed by atoms with Gasteiger partial charge in [0.25, 0.3) is 5.91 Å². The van der Waals surface area contributed by atoms with E-state index in [0.717, 1.165) is 30.2 Å². The summed E-state index contributed by atoms with van der Waals surface area (Å²) in [6, 6.07) is 21.5. The van der Waals surface area contributed by atoms with Gasteiger partial charge in [0.05, 0.1) is 12.2 Å². The molecule has 2 aliphatic rings. The molecule has 2 aliphatic heterocycles. The second-order valence-electron chi connectivity index (χ2n) is 9.01. The molecule has 0 radical (unpaired) electrons. The minimum absolute atomic E-state index is 0.0909. The largest absolute Gasteiger partial charge is 0.492 e. The maximum atomic E-state index is 13.4. The molecule has 2 atom stereocenters. The molecule has 5 heteroatoms. The summed E-state index contributed by atoms with van der Waals surface area (Å²) in [5, 5.41) is 5.11. The average Bonchev–Trinajstić information content (AvgIpc) is 3.03. The van der Waals surface area contributed by atoms with Crippen LogP contribution >= 0.6 is 0 Å². The van der Waals surface area contributed by atoms with Crippen molar-refractivity contribution < 1.29 is 9.53 Å². The van der Waals surface area contributed by atoms with Crippen LogP contribution in [0.25, 0.3) is 10.8 Å². The number of amides is 1. The van der Waals surface area contributed by atoms with Gasteiger partial charge in [-0.1, -0.05) is 54.6 Å². The molecule has 3 aromatic rings. The predicted molar refractivity (Wildman–Crippen MR) is 129 cm³/mol. The Balaban J connectivity index is 1.33. The lowest BCUT2D eigenvalue weighted by Crippen LogP contribution is -2.50. The Hall–Kier alpha value is -3.05. The second kappa shape index (κ2) is 8.83. The van der Waals surface area contributed by atoms with Gasteiger partial charge in [0.1, 0.15) is 5.75 Å². The van der Waals surface area contributed by atoms with E-state index >= 15 is 0 Å². The Morgan fingerprint density at radius 3 is 2.38 bits per heavy atom. The van der Waals surface area contributed by atoms with E-state index in [0.29, 0.717) is 35.7 Å².